The quantitative estimate of drug-likeness (QED) is 0.839. The second-order valence-electron chi connectivity index (χ2n) is 8.25. The van der Waals surface area contributed by atoms with Crippen LogP contribution in [0.2, 0.25) is 0 Å². The topological polar surface area (TPSA) is 15.3 Å². The van der Waals surface area contributed by atoms with Crippen molar-refractivity contribution in [2.75, 3.05) is 13.1 Å². The first kappa shape index (κ1) is 16.3. The van der Waals surface area contributed by atoms with Gasteiger partial charge >= 0.3 is 0 Å². The zero-order chi connectivity index (χ0) is 14.8. The van der Waals surface area contributed by atoms with E-state index in [1.54, 1.807) is 0 Å². The molecule has 0 aromatic carbocycles. The maximum absolute atomic E-state index is 3.87. The van der Waals surface area contributed by atoms with E-state index >= 15 is 0 Å². The summed E-state index contributed by atoms with van der Waals surface area (Å²) in [7, 11) is 0. The summed E-state index contributed by atoms with van der Waals surface area (Å²) in [5.41, 5.74) is 0.364. The van der Waals surface area contributed by atoms with Gasteiger partial charge in [-0.3, -0.25) is 4.90 Å². The lowest BCUT2D eigenvalue weighted by atomic mass is 9.79. The SMILES string of the molecule is CCC(C)N1CC(C(C)(C)C)NCC1C1CCCCC1. The summed E-state index contributed by atoms with van der Waals surface area (Å²) in [6.45, 7) is 14.3. The summed E-state index contributed by atoms with van der Waals surface area (Å²) in [6, 6.07) is 2.15. The molecule has 1 aliphatic carbocycles. The molecule has 2 heteroatoms. The van der Waals surface area contributed by atoms with Crippen LogP contribution < -0.4 is 5.32 Å². The first-order chi connectivity index (χ1) is 9.43. The molecule has 2 aliphatic rings. The van der Waals surface area contributed by atoms with Crippen molar-refractivity contribution in [1.82, 2.24) is 10.2 Å². The highest BCUT2D eigenvalue weighted by atomic mass is 15.3. The number of hydrogen-bond acceptors (Lipinski definition) is 2. The molecule has 0 aromatic heterocycles. The Labute approximate surface area is 126 Å². The van der Waals surface area contributed by atoms with Gasteiger partial charge in [-0.05, 0) is 37.5 Å². The fourth-order valence-electron chi connectivity index (χ4n) is 4.07. The van der Waals surface area contributed by atoms with Gasteiger partial charge in [0.1, 0.15) is 0 Å². The van der Waals surface area contributed by atoms with Gasteiger partial charge in [0.25, 0.3) is 0 Å². The summed E-state index contributed by atoms with van der Waals surface area (Å²) >= 11 is 0. The highest BCUT2D eigenvalue weighted by Gasteiger charge is 2.38. The van der Waals surface area contributed by atoms with Crippen molar-refractivity contribution in [3.63, 3.8) is 0 Å². The molecule has 0 amide bonds. The van der Waals surface area contributed by atoms with Crippen LogP contribution in [0.1, 0.15) is 73.1 Å². The standard InChI is InChI=1S/C18H36N2/c1-6-14(2)20-13-17(18(3,4)5)19-12-16(20)15-10-8-7-9-11-15/h14-17,19H,6-13H2,1-5H3. The third-order valence-corrected chi connectivity index (χ3v) is 5.79. The fourth-order valence-corrected chi connectivity index (χ4v) is 4.07. The molecule has 0 aromatic rings. The molecule has 0 radical (unpaired) electrons. The zero-order valence-electron chi connectivity index (χ0n) is 14.4. The minimum Gasteiger partial charge on any atom is -0.311 e. The zero-order valence-corrected chi connectivity index (χ0v) is 14.4. The molecular formula is C18H36N2. The van der Waals surface area contributed by atoms with Gasteiger partial charge in [-0.15, -0.1) is 0 Å². The highest BCUT2D eigenvalue weighted by Crippen LogP contribution is 2.33. The van der Waals surface area contributed by atoms with E-state index in [0.717, 1.165) is 18.0 Å². The largest absolute Gasteiger partial charge is 0.311 e. The van der Waals surface area contributed by atoms with Crippen LogP contribution in [0, 0.1) is 11.3 Å². The maximum Gasteiger partial charge on any atom is 0.0252 e. The smallest absolute Gasteiger partial charge is 0.0252 e. The van der Waals surface area contributed by atoms with Crippen LogP contribution in [-0.2, 0) is 0 Å². The van der Waals surface area contributed by atoms with Crippen LogP contribution in [0.15, 0.2) is 0 Å². The molecule has 2 rings (SSSR count). The van der Waals surface area contributed by atoms with E-state index in [4.69, 9.17) is 0 Å². The molecule has 1 N–H and O–H groups in total. The van der Waals surface area contributed by atoms with Crippen LogP contribution in [0.3, 0.4) is 0 Å². The Morgan fingerprint density at radius 1 is 1.15 bits per heavy atom. The lowest BCUT2D eigenvalue weighted by Crippen LogP contribution is -2.64. The van der Waals surface area contributed by atoms with Gasteiger partial charge in [0.05, 0.1) is 0 Å². The molecule has 3 unspecified atom stereocenters. The minimum absolute atomic E-state index is 0.364. The van der Waals surface area contributed by atoms with Crippen molar-refractivity contribution in [2.45, 2.75) is 91.3 Å². The van der Waals surface area contributed by atoms with Gasteiger partial charge in [0.2, 0.25) is 0 Å². The van der Waals surface area contributed by atoms with Crippen molar-refractivity contribution < 1.29 is 0 Å². The van der Waals surface area contributed by atoms with Gasteiger partial charge in [-0.2, -0.15) is 0 Å². The summed E-state index contributed by atoms with van der Waals surface area (Å²) in [5, 5.41) is 3.87. The normalized spacial score (nSPS) is 32.2. The van der Waals surface area contributed by atoms with Gasteiger partial charge in [-0.25, -0.2) is 0 Å². The Hall–Kier alpha value is -0.0800. The molecule has 20 heavy (non-hydrogen) atoms. The second-order valence-corrected chi connectivity index (χ2v) is 8.25. The van der Waals surface area contributed by atoms with E-state index in [0.29, 0.717) is 11.5 Å². The van der Waals surface area contributed by atoms with Crippen LogP contribution in [0.4, 0.5) is 0 Å². The molecule has 118 valence electrons. The Balaban J connectivity index is 2.07. The van der Waals surface area contributed by atoms with Crippen molar-refractivity contribution in [3.05, 3.63) is 0 Å². The molecule has 0 bridgehead atoms. The second kappa shape index (κ2) is 6.79. The van der Waals surface area contributed by atoms with Gasteiger partial charge in [0.15, 0.2) is 0 Å². The van der Waals surface area contributed by atoms with E-state index in [2.05, 4.69) is 44.8 Å². The van der Waals surface area contributed by atoms with E-state index in [-0.39, 0.29) is 0 Å². The number of hydrogen-bond donors (Lipinski definition) is 1. The van der Waals surface area contributed by atoms with E-state index in [1.807, 2.05) is 0 Å². The number of nitrogens with one attached hydrogen (secondary N) is 1. The predicted octanol–water partition coefficient (Wildman–Crippen LogP) is 4.05. The van der Waals surface area contributed by atoms with Crippen LogP contribution in [0.5, 0.6) is 0 Å². The molecule has 3 atom stereocenters. The van der Waals surface area contributed by atoms with Crippen molar-refractivity contribution in [2.24, 2.45) is 11.3 Å². The molecule has 0 spiro atoms. The highest BCUT2D eigenvalue weighted by molar-refractivity contribution is 4.96. The molecule has 1 saturated carbocycles. The molecule has 1 heterocycles. The summed E-state index contributed by atoms with van der Waals surface area (Å²) in [6.07, 6.45) is 8.57. The van der Waals surface area contributed by atoms with Gasteiger partial charge < -0.3 is 5.32 Å². The molecular weight excluding hydrogens is 244 g/mol. The molecule has 2 nitrogen and oxygen atoms in total. The fraction of sp³-hybridized carbons (Fsp3) is 1.00. The minimum atomic E-state index is 0.364. The van der Waals surface area contributed by atoms with Crippen LogP contribution in [0.25, 0.3) is 0 Å². The Kier molecular flexibility index (Phi) is 5.53. The molecule has 1 saturated heterocycles. The summed E-state index contributed by atoms with van der Waals surface area (Å²) in [4.78, 5) is 2.85. The van der Waals surface area contributed by atoms with Crippen molar-refractivity contribution in [3.8, 4) is 0 Å². The van der Waals surface area contributed by atoms with Gasteiger partial charge in [0, 0.05) is 31.2 Å². The molecule has 1 aliphatic heterocycles. The Bertz CT molecular complexity index is 288. The van der Waals surface area contributed by atoms with E-state index < -0.39 is 0 Å². The van der Waals surface area contributed by atoms with Gasteiger partial charge in [-0.1, -0.05) is 47.0 Å². The maximum atomic E-state index is 3.87. The van der Waals surface area contributed by atoms with E-state index in [1.165, 1.54) is 51.6 Å². The monoisotopic (exact) mass is 280 g/mol. The summed E-state index contributed by atoms with van der Waals surface area (Å²) in [5.74, 6) is 0.936. The first-order valence-electron chi connectivity index (χ1n) is 8.92. The van der Waals surface area contributed by atoms with E-state index in [9.17, 15) is 0 Å². The number of nitrogens with zero attached hydrogens (tertiary/aromatic N) is 1. The average molecular weight is 281 g/mol. The lowest BCUT2D eigenvalue weighted by molar-refractivity contribution is 0.0171. The number of piperazine rings is 1. The summed E-state index contributed by atoms with van der Waals surface area (Å²) < 4.78 is 0. The Morgan fingerprint density at radius 3 is 2.35 bits per heavy atom. The van der Waals surface area contributed by atoms with Crippen LogP contribution in [-0.4, -0.2) is 36.1 Å². The lowest BCUT2D eigenvalue weighted by Gasteiger charge is -2.50. The molecule has 2 fully saturated rings. The first-order valence-corrected chi connectivity index (χ1v) is 8.92. The van der Waals surface area contributed by atoms with Crippen molar-refractivity contribution >= 4 is 0 Å². The third kappa shape index (κ3) is 3.76. The average Bonchev–Trinajstić information content (AvgIpc) is 2.45. The van der Waals surface area contributed by atoms with Crippen molar-refractivity contribution in [1.29, 1.82) is 0 Å². The number of rotatable bonds is 3. The Morgan fingerprint density at radius 2 is 1.80 bits per heavy atom. The van der Waals surface area contributed by atoms with Crippen LogP contribution >= 0.6 is 0 Å². The predicted molar refractivity (Wildman–Crippen MR) is 88.1 cm³/mol. The third-order valence-electron chi connectivity index (χ3n) is 5.79.